The molecule has 1 aromatic carbocycles. The lowest BCUT2D eigenvalue weighted by Crippen LogP contribution is -2.51. The maximum Gasteiger partial charge on any atom is 0.323 e. The first-order chi connectivity index (χ1) is 20.1. The molecule has 0 unspecified atom stereocenters. The number of halogens is 1. The number of nitrogens with one attached hydrogen (secondary N) is 1. The lowest BCUT2D eigenvalue weighted by atomic mass is 9.91. The fourth-order valence-corrected chi connectivity index (χ4v) is 7.66. The number of thiophene rings is 1. The zero-order valence-electron chi connectivity index (χ0n) is 24.9. The lowest BCUT2D eigenvalue weighted by molar-refractivity contribution is -0.143. The molecule has 3 aliphatic rings. The number of hydrogen-bond acceptors (Lipinski definition) is 6. The van der Waals surface area contributed by atoms with E-state index in [9.17, 15) is 14.4 Å². The van der Waals surface area contributed by atoms with E-state index in [2.05, 4.69) is 30.4 Å². The van der Waals surface area contributed by atoms with Crippen molar-refractivity contribution in [3.8, 4) is 0 Å². The lowest BCUT2D eigenvalue weighted by Gasteiger charge is -2.40. The van der Waals surface area contributed by atoms with Gasteiger partial charge in [-0.1, -0.05) is 24.6 Å². The Kier molecular flexibility index (Phi) is 9.64. The monoisotopic (exact) mass is 614 g/mol. The molecule has 3 N–H and O–H groups in total. The van der Waals surface area contributed by atoms with Crippen molar-refractivity contribution >= 4 is 51.5 Å². The molecule has 9 nitrogen and oxygen atoms in total. The first-order valence-electron chi connectivity index (χ1n) is 15.1. The minimum atomic E-state index is -0.472. The maximum atomic E-state index is 13.9. The zero-order chi connectivity index (χ0) is 30.0. The summed E-state index contributed by atoms with van der Waals surface area (Å²) in [4.78, 5) is 48.3. The van der Waals surface area contributed by atoms with Crippen LogP contribution in [0, 0.1) is 5.92 Å². The third kappa shape index (κ3) is 6.71. The number of benzene rings is 1. The van der Waals surface area contributed by atoms with E-state index in [1.807, 2.05) is 39.1 Å². The standard InChI is InChI=1S/C31H43ClN6O3S/c1-4-21-15-20(17-26(32)28(21)33)16-23(30(40)37-12-5-24(6-13-37)35(2)3)18-27(39)36-10-7-25(8-11-36)38-19-22-9-14-42-29(22)34-31(38)41/h9,14-15,17,23-25H,4-8,10-13,16,18-19,33H2,1-3H3,(H,34,41)/t23-/m0/s1. The van der Waals surface area contributed by atoms with Gasteiger partial charge in [-0.3, -0.25) is 14.9 Å². The highest BCUT2D eigenvalue weighted by molar-refractivity contribution is 7.14. The van der Waals surface area contributed by atoms with Crippen molar-refractivity contribution in [3.05, 3.63) is 45.3 Å². The number of carbonyl (C=O) groups excluding carboxylic acids is 3. The zero-order valence-corrected chi connectivity index (χ0v) is 26.5. The van der Waals surface area contributed by atoms with Crippen LogP contribution in [-0.4, -0.2) is 89.8 Å². The van der Waals surface area contributed by atoms with Crippen molar-refractivity contribution < 1.29 is 14.4 Å². The van der Waals surface area contributed by atoms with Gasteiger partial charge in [0.25, 0.3) is 0 Å². The Morgan fingerprint density at radius 3 is 2.48 bits per heavy atom. The highest BCUT2D eigenvalue weighted by atomic mass is 35.5. The number of hydrogen-bond donors (Lipinski definition) is 2. The molecule has 4 amide bonds. The van der Waals surface area contributed by atoms with Crippen molar-refractivity contribution in [1.82, 2.24) is 19.6 Å². The van der Waals surface area contributed by atoms with E-state index in [0.29, 0.717) is 55.9 Å². The summed E-state index contributed by atoms with van der Waals surface area (Å²) in [5, 5.41) is 6.42. The van der Waals surface area contributed by atoms with Crippen LogP contribution in [0.1, 0.15) is 55.7 Å². The summed E-state index contributed by atoms with van der Waals surface area (Å²) in [6.45, 7) is 5.19. The number of urea groups is 1. The molecule has 2 aromatic rings. The number of likely N-dealkylation sites (tertiary alicyclic amines) is 2. The number of rotatable bonds is 8. The molecule has 5 rings (SSSR count). The van der Waals surface area contributed by atoms with Gasteiger partial charge in [0.1, 0.15) is 5.00 Å². The second kappa shape index (κ2) is 13.2. The second-order valence-corrected chi connectivity index (χ2v) is 13.4. The third-order valence-corrected chi connectivity index (χ3v) is 10.4. The number of nitrogen functional groups attached to an aromatic ring is 1. The van der Waals surface area contributed by atoms with E-state index >= 15 is 0 Å². The van der Waals surface area contributed by atoms with Gasteiger partial charge in [0, 0.05) is 50.2 Å². The fourth-order valence-electron chi connectivity index (χ4n) is 6.60. The van der Waals surface area contributed by atoms with Crippen LogP contribution in [0.15, 0.2) is 23.6 Å². The minimum Gasteiger partial charge on any atom is -0.397 e. The van der Waals surface area contributed by atoms with E-state index in [1.165, 1.54) is 0 Å². The van der Waals surface area contributed by atoms with Crippen LogP contribution in [-0.2, 0) is 29.0 Å². The third-order valence-electron chi connectivity index (χ3n) is 9.24. The molecule has 3 aliphatic heterocycles. The molecule has 2 saturated heterocycles. The van der Waals surface area contributed by atoms with E-state index in [-0.39, 0.29) is 30.3 Å². The van der Waals surface area contributed by atoms with Crippen LogP contribution in [0.25, 0.3) is 0 Å². The SMILES string of the molecule is CCc1cc(C[C@@H](CC(=O)N2CCC(N3Cc4ccsc4NC3=O)CC2)C(=O)N2CCC(N(C)C)CC2)cc(Cl)c1N. The number of anilines is 2. The van der Waals surface area contributed by atoms with E-state index in [4.69, 9.17) is 17.3 Å². The molecule has 0 saturated carbocycles. The first-order valence-corrected chi connectivity index (χ1v) is 16.3. The van der Waals surface area contributed by atoms with Gasteiger partial charge in [0.05, 0.1) is 23.2 Å². The molecule has 0 spiro atoms. The van der Waals surface area contributed by atoms with Crippen LogP contribution >= 0.6 is 22.9 Å². The fraction of sp³-hybridized carbons (Fsp3) is 0.581. The van der Waals surface area contributed by atoms with Gasteiger partial charge in [-0.05, 0) is 81.3 Å². The average molecular weight is 615 g/mol. The molecule has 11 heteroatoms. The normalized spacial score (nSPS) is 19.2. The Bertz CT molecular complexity index is 1300. The predicted octanol–water partition coefficient (Wildman–Crippen LogP) is 4.69. The molecule has 0 aliphatic carbocycles. The Hall–Kier alpha value is -2.82. The van der Waals surface area contributed by atoms with Gasteiger partial charge >= 0.3 is 6.03 Å². The van der Waals surface area contributed by atoms with Crippen LogP contribution in [0.4, 0.5) is 15.5 Å². The quantitative estimate of drug-likeness (QED) is 0.420. The Labute approximate surface area is 257 Å². The molecule has 228 valence electrons. The molecule has 4 heterocycles. The predicted molar refractivity (Wildman–Crippen MR) is 169 cm³/mol. The summed E-state index contributed by atoms with van der Waals surface area (Å²) >= 11 is 8.01. The summed E-state index contributed by atoms with van der Waals surface area (Å²) in [6, 6.07) is 6.41. The maximum absolute atomic E-state index is 13.9. The van der Waals surface area contributed by atoms with Gasteiger partial charge in [0.15, 0.2) is 0 Å². The molecule has 42 heavy (non-hydrogen) atoms. The Morgan fingerprint density at radius 2 is 1.81 bits per heavy atom. The summed E-state index contributed by atoms with van der Waals surface area (Å²) < 4.78 is 0. The average Bonchev–Trinajstić information content (AvgIpc) is 3.45. The minimum absolute atomic E-state index is 0.00421. The number of nitrogens with zero attached hydrogens (tertiary/aromatic N) is 4. The molecule has 0 radical (unpaired) electrons. The highest BCUT2D eigenvalue weighted by Crippen LogP contribution is 2.32. The second-order valence-electron chi connectivity index (χ2n) is 12.1. The highest BCUT2D eigenvalue weighted by Gasteiger charge is 2.35. The molecule has 2 fully saturated rings. The van der Waals surface area contributed by atoms with Crippen molar-refractivity contribution in [2.24, 2.45) is 5.92 Å². The first kappa shape index (κ1) is 30.6. The number of nitrogens with two attached hydrogens (primary N) is 1. The summed E-state index contributed by atoms with van der Waals surface area (Å²) in [5.41, 5.74) is 9.79. The van der Waals surface area contributed by atoms with Crippen LogP contribution in [0.3, 0.4) is 0 Å². The van der Waals surface area contributed by atoms with Gasteiger partial charge in [0.2, 0.25) is 11.8 Å². The number of aryl methyl sites for hydroxylation is 1. The summed E-state index contributed by atoms with van der Waals surface area (Å²) in [7, 11) is 4.17. The van der Waals surface area contributed by atoms with Crippen LogP contribution in [0.5, 0.6) is 0 Å². The number of fused-ring (bicyclic) bond motifs is 1. The topological polar surface area (TPSA) is 102 Å². The van der Waals surface area contributed by atoms with E-state index in [0.717, 1.165) is 53.8 Å². The van der Waals surface area contributed by atoms with Crippen molar-refractivity contribution in [2.75, 3.05) is 51.3 Å². The van der Waals surface area contributed by atoms with Gasteiger partial charge in [-0.2, -0.15) is 0 Å². The van der Waals surface area contributed by atoms with Gasteiger partial charge in [-0.15, -0.1) is 11.3 Å². The largest absolute Gasteiger partial charge is 0.397 e. The van der Waals surface area contributed by atoms with E-state index in [1.54, 1.807) is 11.3 Å². The molecule has 1 aromatic heterocycles. The van der Waals surface area contributed by atoms with Crippen LogP contribution in [0.2, 0.25) is 5.02 Å². The summed E-state index contributed by atoms with van der Waals surface area (Å²) in [5.74, 6) is -0.436. The van der Waals surface area contributed by atoms with E-state index < -0.39 is 5.92 Å². The van der Waals surface area contributed by atoms with Crippen molar-refractivity contribution in [1.29, 1.82) is 0 Å². The van der Waals surface area contributed by atoms with Crippen molar-refractivity contribution in [3.63, 3.8) is 0 Å². The molecular formula is C31H43ClN6O3S. The summed E-state index contributed by atoms with van der Waals surface area (Å²) in [6.07, 6.45) is 4.65. The Morgan fingerprint density at radius 1 is 1.12 bits per heavy atom. The van der Waals surface area contributed by atoms with Crippen LogP contribution < -0.4 is 11.1 Å². The number of piperidine rings is 2. The van der Waals surface area contributed by atoms with Crippen molar-refractivity contribution in [2.45, 2.75) is 70.5 Å². The molecule has 0 bridgehead atoms. The molecular weight excluding hydrogens is 572 g/mol. The van der Waals surface area contributed by atoms with Gasteiger partial charge < -0.3 is 25.3 Å². The number of amides is 4. The smallest absolute Gasteiger partial charge is 0.323 e. The Balaban J connectivity index is 1.25. The number of carbonyl (C=O) groups is 3. The molecule has 1 atom stereocenters. The van der Waals surface area contributed by atoms with Gasteiger partial charge in [-0.25, -0.2) is 4.79 Å².